The smallest absolute Gasteiger partial charge is 0.229 e. The van der Waals surface area contributed by atoms with Crippen molar-refractivity contribution in [2.24, 2.45) is 5.73 Å². The molecular formula is C3H9N2+. The van der Waals surface area contributed by atoms with Crippen LogP contribution in [0.1, 0.15) is 0 Å². The third kappa shape index (κ3) is 3.47. The van der Waals surface area contributed by atoms with Crippen molar-refractivity contribution in [3.63, 3.8) is 0 Å². The van der Waals surface area contributed by atoms with E-state index in [0.29, 0.717) is 0 Å². The molecule has 0 rings (SSSR count). The molecule has 0 aromatic rings. The number of hydrogen-bond donors (Lipinski definition) is 1. The molecule has 5 heavy (non-hydrogen) atoms. The van der Waals surface area contributed by atoms with E-state index in [2.05, 4.69) is 0 Å². The highest BCUT2D eigenvalue weighted by Gasteiger charge is 1.61. The Hall–Kier alpha value is -0.530. The fraction of sp³-hybridized carbons (Fsp3) is 0.667. The molecule has 0 heterocycles. The van der Waals surface area contributed by atoms with Crippen LogP contribution in [0.15, 0.2) is 0 Å². The lowest BCUT2D eigenvalue weighted by Crippen LogP contribution is -2.05. The average Bonchev–Trinajstić information content (AvgIpc) is 1.38. The van der Waals surface area contributed by atoms with Crippen LogP contribution in [-0.4, -0.2) is 25.0 Å². The van der Waals surface area contributed by atoms with Crippen molar-refractivity contribution in [2.45, 2.75) is 0 Å². The molecule has 30 valence electrons. The maximum absolute atomic E-state index is 4.97. The van der Waals surface area contributed by atoms with Crippen LogP contribution < -0.4 is 5.73 Å². The minimum absolute atomic E-state index is 1.50. The van der Waals surface area contributed by atoms with E-state index in [1.165, 1.54) is 6.34 Å². The van der Waals surface area contributed by atoms with E-state index in [1.807, 2.05) is 14.1 Å². The Bertz CT molecular complexity index is 42.9. The maximum atomic E-state index is 4.97. The first-order valence-corrected chi connectivity index (χ1v) is 1.49. The first-order chi connectivity index (χ1) is 2.27. The van der Waals surface area contributed by atoms with Gasteiger partial charge in [0.25, 0.3) is 0 Å². The molecule has 0 aromatic carbocycles. The zero-order valence-corrected chi connectivity index (χ0v) is 3.60. The largest absolute Gasteiger partial charge is 0.294 e. The third-order valence-corrected chi connectivity index (χ3v) is 0.298. The Labute approximate surface area is 31.9 Å². The molecule has 0 saturated carbocycles. The predicted octanol–water partition coefficient (Wildman–Crippen LogP) is -0.754. The second-order valence-corrected chi connectivity index (χ2v) is 1.11. The monoisotopic (exact) mass is 73.1 g/mol. The molecule has 0 radical (unpaired) electrons. The fourth-order valence-corrected chi connectivity index (χ4v) is 0. The molecule has 0 aliphatic rings. The molecule has 0 aliphatic carbocycles. The molecule has 0 unspecified atom stereocenters. The molecule has 2 N–H and O–H groups in total. The molecule has 0 aromatic heterocycles. The summed E-state index contributed by atoms with van der Waals surface area (Å²) in [5, 5.41) is 0. The van der Waals surface area contributed by atoms with Crippen LogP contribution in [0.5, 0.6) is 0 Å². The van der Waals surface area contributed by atoms with Crippen LogP contribution in [0.4, 0.5) is 0 Å². The summed E-state index contributed by atoms with van der Waals surface area (Å²) in [6.45, 7) is 0. The fourth-order valence-electron chi connectivity index (χ4n) is 0. The van der Waals surface area contributed by atoms with E-state index < -0.39 is 0 Å². The van der Waals surface area contributed by atoms with Gasteiger partial charge in [-0.3, -0.25) is 10.3 Å². The topological polar surface area (TPSA) is 29.0 Å². The van der Waals surface area contributed by atoms with E-state index >= 15 is 0 Å². The van der Waals surface area contributed by atoms with E-state index in [0.717, 1.165) is 0 Å². The van der Waals surface area contributed by atoms with Gasteiger partial charge in [0.1, 0.15) is 0 Å². The van der Waals surface area contributed by atoms with Crippen molar-refractivity contribution >= 4 is 6.34 Å². The van der Waals surface area contributed by atoms with E-state index in [9.17, 15) is 0 Å². The van der Waals surface area contributed by atoms with Crippen LogP contribution in [0.25, 0.3) is 0 Å². The zero-order chi connectivity index (χ0) is 4.28. The van der Waals surface area contributed by atoms with Gasteiger partial charge in [0.15, 0.2) is 0 Å². The molecule has 0 aliphatic heterocycles. The van der Waals surface area contributed by atoms with Gasteiger partial charge in [-0.2, -0.15) is 0 Å². The second-order valence-electron chi connectivity index (χ2n) is 1.11. The van der Waals surface area contributed by atoms with Crippen molar-refractivity contribution in [1.82, 2.24) is 0 Å². The van der Waals surface area contributed by atoms with E-state index in [4.69, 9.17) is 5.73 Å². The summed E-state index contributed by atoms with van der Waals surface area (Å²) >= 11 is 0. The van der Waals surface area contributed by atoms with Crippen molar-refractivity contribution in [3.05, 3.63) is 0 Å². The Morgan fingerprint density at radius 3 is 1.80 bits per heavy atom. The Kier molecular flexibility index (Phi) is 1.57. The SMILES string of the molecule is C[N+](C)=CN. The normalized spacial score (nSPS) is 6.80. The zero-order valence-electron chi connectivity index (χ0n) is 3.60. The van der Waals surface area contributed by atoms with Crippen molar-refractivity contribution in [1.29, 1.82) is 0 Å². The summed E-state index contributed by atoms with van der Waals surface area (Å²) in [6, 6.07) is 0. The molecule has 0 bridgehead atoms. The highest BCUT2D eigenvalue weighted by Crippen LogP contribution is 1.36. The first kappa shape index (κ1) is 4.47. The van der Waals surface area contributed by atoms with Gasteiger partial charge in [0.2, 0.25) is 6.34 Å². The standard InChI is InChI=1S/C3H8N2/c1-5(2)3-4/h3-4H,1-2H3/p+1. The van der Waals surface area contributed by atoms with Gasteiger partial charge < -0.3 is 0 Å². The molecule has 2 heteroatoms. The van der Waals surface area contributed by atoms with Gasteiger partial charge in [0.05, 0.1) is 14.1 Å². The second kappa shape index (κ2) is 1.76. The van der Waals surface area contributed by atoms with E-state index in [1.54, 1.807) is 4.58 Å². The summed E-state index contributed by atoms with van der Waals surface area (Å²) in [4.78, 5) is 0. The van der Waals surface area contributed by atoms with Crippen LogP contribution in [0.2, 0.25) is 0 Å². The lowest BCUT2D eigenvalue weighted by Gasteiger charge is -1.75. The first-order valence-electron chi connectivity index (χ1n) is 1.49. The van der Waals surface area contributed by atoms with Crippen molar-refractivity contribution in [2.75, 3.05) is 14.1 Å². The molecule has 0 spiro atoms. The number of nitrogens with two attached hydrogens (primary N) is 1. The molecule has 2 nitrogen and oxygen atoms in total. The van der Waals surface area contributed by atoms with Gasteiger partial charge in [-0.15, -0.1) is 0 Å². The summed E-state index contributed by atoms with van der Waals surface area (Å²) < 4.78 is 1.78. The quantitative estimate of drug-likeness (QED) is 0.228. The van der Waals surface area contributed by atoms with Gasteiger partial charge in [-0.05, 0) is 0 Å². The Morgan fingerprint density at radius 2 is 1.80 bits per heavy atom. The number of rotatable bonds is 0. The van der Waals surface area contributed by atoms with Crippen LogP contribution in [0.3, 0.4) is 0 Å². The molecular weight excluding hydrogens is 64.0 g/mol. The predicted molar refractivity (Wildman–Crippen MR) is 22.4 cm³/mol. The average molecular weight is 73.1 g/mol. The molecule has 0 saturated heterocycles. The third-order valence-electron chi connectivity index (χ3n) is 0.298. The van der Waals surface area contributed by atoms with E-state index in [-0.39, 0.29) is 0 Å². The lowest BCUT2D eigenvalue weighted by molar-refractivity contribution is -0.460. The Balaban J connectivity index is 3.14. The minimum atomic E-state index is 1.50. The van der Waals surface area contributed by atoms with Crippen molar-refractivity contribution in [3.8, 4) is 0 Å². The Morgan fingerprint density at radius 1 is 1.60 bits per heavy atom. The van der Waals surface area contributed by atoms with Crippen LogP contribution in [0, 0.1) is 0 Å². The summed E-state index contributed by atoms with van der Waals surface area (Å²) in [7, 11) is 3.75. The highest BCUT2D eigenvalue weighted by atomic mass is 15.0. The highest BCUT2D eigenvalue weighted by molar-refractivity contribution is 5.44. The van der Waals surface area contributed by atoms with Crippen molar-refractivity contribution < 1.29 is 4.58 Å². The van der Waals surface area contributed by atoms with Gasteiger partial charge in [-0.1, -0.05) is 0 Å². The van der Waals surface area contributed by atoms with Crippen LogP contribution >= 0.6 is 0 Å². The molecule has 0 atom stereocenters. The van der Waals surface area contributed by atoms with Gasteiger partial charge in [0, 0.05) is 0 Å². The minimum Gasteiger partial charge on any atom is -0.294 e. The number of nitrogens with zero attached hydrogens (tertiary/aromatic N) is 1. The van der Waals surface area contributed by atoms with Crippen LogP contribution in [-0.2, 0) is 0 Å². The molecule has 0 fully saturated rings. The van der Waals surface area contributed by atoms with Gasteiger partial charge in [-0.25, -0.2) is 0 Å². The lowest BCUT2D eigenvalue weighted by atomic mass is 11.1. The molecule has 0 amide bonds. The maximum Gasteiger partial charge on any atom is 0.229 e. The number of hydrogen-bond acceptors (Lipinski definition) is 0. The summed E-state index contributed by atoms with van der Waals surface area (Å²) in [5.41, 5.74) is 4.97. The summed E-state index contributed by atoms with van der Waals surface area (Å²) in [6.07, 6.45) is 1.50. The summed E-state index contributed by atoms with van der Waals surface area (Å²) in [5.74, 6) is 0. The van der Waals surface area contributed by atoms with Gasteiger partial charge >= 0.3 is 0 Å².